The Morgan fingerprint density at radius 1 is 1.57 bits per heavy atom. The minimum absolute atomic E-state index is 0.286. The van der Waals surface area contributed by atoms with Crippen molar-refractivity contribution in [2.45, 2.75) is 13.1 Å². The molecule has 1 saturated heterocycles. The average Bonchev–Trinajstić information content (AvgIpc) is 2.67. The molecule has 0 atom stereocenters. The van der Waals surface area contributed by atoms with Crippen molar-refractivity contribution in [2.24, 2.45) is 0 Å². The molecule has 1 aliphatic rings. The average molecular weight is 215 g/mol. The Bertz CT molecular complexity index is 234. The molecule has 4 nitrogen and oxygen atoms in total. The molecule has 0 unspecified atom stereocenters. The van der Waals surface area contributed by atoms with Crippen molar-refractivity contribution in [3.63, 3.8) is 0 Å². The van der Waals surface area contributed by atoms with E-state index >= 15 is 0 Å². The first-order valence-electron chi connectivity index (χ1n) is 4.66. The molecule has 14 heavy (non-hydrogen) atoms. The van der Waals surface area contributed by atoms with Gasteiger partial charge in [-0.05, 0) is 0 Å². The highest BCUT2D eigenvalue weighted by Crippen LogP contribution is 2.14. The zero-order valence-corrected chi connectivity index (χ0v) is 9.95. The van der Waals surface area contributed by atoms with Gasteiger partial charge in [-0.25, -0.2) is 4.79 Å². The first-order chi connectivity index (χ1) is 6.56. The third kappa shape index (κ3) is 2.93. The number of methoxy groups -OCH3 is 1. The first kappa shape index (κ1) is 11.4. The number of carbonyl (C=O) groups excluding carboxylic acids is 1. The Morgan fingerprint density at radius 2 is 2.29 bits per heavy atom. The van der Waals surface area contributed by atoms with E-state index in [1.54, 1.807) is 0 Å². The van der Waals surface area contributed by atoms with Gasteiger partial charge in [-0.2, -0.15) is 0 Å². The fraction of sp³-hybridized carbons (Fsp3) is 0.667. The highest BCUT2D eigenvalue weighted by atomic mass is 28.3. The van der Waals surface area contributed by atoms with Gasteiger partial charge in [-0.15, -0.1) is 0 Å². The van der Waals surface area contributed by atoms with Gasteiger partial charge in [-0.3, -0.25) is 4.57 Å². The number of hydrogen-bond acceptors (Lipinski definition) is 4. The SMILES string of the molecule is COC(=O)C=C[Si](C)(C)N1CCOC1. The number of ether oxygens (including phenoxy) is 2. The fourth-order valence-electron chi connectivity index (χ4n) is 1.31. The molecule has 0 radical (unpaired) electrons. The van der Waals surface area contributed by atoms with E-state index in [-0.39, 0.29) is 5.97 Å². The van der Waals surface area contributed by atoms with Crippen molar-refractivity contribution in [3.8, 4) is 0 Å². The standard InChI is InChI=1S/C9H17NO3Si/c1-12-9(11)4-7-14(2,3)10-5-6-13-8-10/h4,7H,5-6,8H2,1-3H3. The maximum absolute atomic E-state index is 10.9. The molecule has 0 aromatic heterocycles. The topological polar surface area (TPSA) is 38.8 Å². The summed E-state index contributed by atoms with van der Waals surface area (Å²) in [6.07, 6.45) is 1.52. The van der Waals surface area contributed by atoms with E-state index < -0.39 is 8.24 Å². The van der Waals surface area contributed by atoms with Crippen LogP contribution in [-0.2, 0) is 14.3 Å². The van der Waals surface area contributed by atoms with Crippen LogP contribution in [-0.4, -0.2) is 45.8 Å². The van der Waals surface area contributed by atoms with Crippen LogP contribution in [0.4, 0.5) is 0 Å². The molecule has 1 fully saturated rings. The quantitative estimate of drug-likeness (QED) is 0.395. The summed E-state index contributed by atoms with van der Waals surface area (Å²) >= 11 is 0. The molecule has 1 aliphatic heterocycles. The van der Waals surface area contributed by atoms with Crippen LogP contribution < -0.4 is 0 Å². The number of carbonyl (C=O) groups is 1. The van der Waals surface area contributed by atoms with Crippen molar-refractivity contribution < 1.29 is 14.3 Å². The minimum atomic E-state index is -1.62. The lowest BCUT2D eigenvalue weighted by Crippen LogP contribution is -2.45. The van der Waals surface area contributed by atoms with Crippen molar-refractivity contribution >= 4 is 14.2 Å². The normalized spacial score (nSPS) is 19.1. The van der Waals surface area contributed by atoms with Crippen molar-refractivity contribution in [2.75, 3.05) is 27.0 Å². The van der Waals surface area contributed by atoms with Gasteiger partial charge in [0.25, 0.3) is 0 Å². The van der Waals surface area contributed by atoms with E-state index in [0.717, 1.165) is 13.2 Å². The highest BCUT2D eigenvalue weighted by molar-refractivity contribution is 6.79. The van der Waals surface area contributed by atoms with E-state index in [1.165, 1.54) is 13.2 Å². The van der Waals surface area contributed by atoms with Crippen molar-refractivity contribution in [1.29, 1.82) is 0 Å². The van der Waals surface area contributed by atoms with Gasteiger partial charge in [0.05, 0.1) is 20.4 Å². The molecule has 0 saturated carbocycles. The van der Waals surface area contributed by atoms with Gasteiger partial charge >= 0.3 is 5.97 Å². The predicted octanol–water partition coefficient (Wildman–Crippen LogP) is 0.750. The third-order valence-corrected chi connectivity index (χ3v) is 5.36. The molecule has 0 aliphatic carbocycles. The van der Waals surface area contributed by atoms with E-state index in [9.17, 15) is 4.79 Å². The summed E-state index contributed by atoms with van der Waals surface area (Å²) in [7, 11) is -0.233. The Labute approximate surface area is 85.6 Å². The summed E-state index contributed by atoms with van der Waals surface area (Å²) < 4.78 is 12.1. The highest BCUT2D eigenvalue weighted by Gasteiger charge is 2.29. The van der Waals surface area contributed by atoms with E-state index in [4.69, 9.17) is 4.74 Å². The fourth-order valence-corrected chi connectivity index (χ4v) is 3.16. The van der Waals surface area contributed by atoms with Crippen LogP contribution in [0.25, 0.3) is 0 Å². The molecule has 80 valence electrons. The van der Waals surface area contributed by atoms with E-state index in [1.807, 2.05) is 5.70 Å². The molecule has 0 aromatic carbocycles. The number of esters is 1. The van der Waals surface area contributed by atoms with Crippen LogP contribution in [0.3, 0.4) is 0 Å². The molecule has 0 spiro atoms. The van der Waals surface area contributed by atoms with Crippen LogP contribution in [0.2, 0.25) is 13.1 Å². The van der Waals surface area contributed by atoms with Crippen molar-refractivity contribution in [1.82, 2.24) is 4.57 Å². The molecule has 5 heteroatoms. The number of nitrogens with zero attached hydrogens (tertiary/aromatic N) is 1. The Morgan fingerprint density at radius 3 is 2.79 bits per heavy atom. The maximum atomic E-state index is 10.9. The second-order valence-electron chi connectivity index (χ2n) is 3.81. The molecule has 0 aromatic rings. The Balaban J connectivity index is 2.55. The molecular formula is C9H17NO3Si. The van der Waals surface area contributed by atoms with Gasteiger partial charge in [0.15, 0.2) is 0 Å². The van der Waals surface area contributed by atoms with Crippen LogP contribution in [0.1, 0.15) is 0 Å². The molecule has 1 rings (SSSR count). The second kappa shape index (κ2) is 4.72. The minimum Gasteiger partial charge on any atom is -0.466 e. The third-order valence-electron chi connectivity index (χ3n) is 2.40. The predicted molar refractivity (Wildman–Crippen MR) is 56.2 cm³/mol. The summed E-state index contributed by atoms with van der Waals surface area (Å²) in [5.74, 6) is -0.286. The van der Waals surface area contributed by atoms with Gasteiger partial charge < -0.3 is 9.47 Å². The Kier molecular flexibility index (Phi) is 3.85. The molecule has 0 bridgehead atoms. The molecule has 1 heterocycles. The zero-order chi connectivity index (χ0) is 10.6. The van der Waals surface area contributed by atoms with Crippen molar-refractivity contribution in [3.05, 3.63) is 11.8 Å². The van der Waals surface area contributed by atoms with Gasteiger partial charge in [0.1, 0.15) is 8.24 Å². The lowest BCUT2D eigenvalue weighted by atomic mass is 10.7. The van der Waals surface area contributed by atoms with Gasteiger partial charge in [-0.1, -0.05) is 18.8 Å². The van der Waals surface area contributed by atoms with Gasteiger partial charge in [0, 0.05) is 12.6 Å². The van der Waals surface area contributed by atoms with Crippen LogP contribution in [0, 0.1) is 0 Å². The first-order valence-corrected chi connectivity index (χ1v) is 7.69. The second-order valence-corrected chi connectivity index (χ2v) is 8.08. The monoisotopic (exact) mass is 215 g/mol. The van der Waals surface area contributed by atoms with Crippen LogP contribution in [0.5, 0.6) is 0 Å². The summed E-state index contributed by atoms with van der Waals surface area (Å²) in [5.41, 5.74) is 1.98. The largest absolute Gasteiger partial charge is 0.466 e. The number of rotatable bonds is 3. The van der Waals surface area contributed by atoms with Crippen LogP contribution >= 0.6 is 0 Å². The maximum Gasteiger partial charge on any atom is 0.329 e. The van der Waals surface area contributed by atoms with Gasteiger partial charge in [0.2, 0.25) is 0 Å². The molecular weight excluding hydrogens is 198 g/mol. The summed E-state index contributed by atoms with van der Waals surface area (Å²) in [5, 5.41) is 0. The van der Waals surface area contributed by atoms with E-state index in [0.29, 0.717) is 6.73 Å². The van der Waals surface area contributed by atoms with Crippen LogP contribution in [0.15, 0.2) is 11.8 Å². The Hall–Kier alpha value is -0.653. The number of hydrogen-bond donors (Lipinski definition) is 0. The summed E-state index contributed by atoms with van der Waals surface area (Å²) in [6.45, 7) is 6.81. The van der Waals surface area contributed by atoms with E-state index in [2.05, 4.69) is 22.4 Å². The summed E-state index contributed by atoms with van der Waals surface area (Å²) in [6, 6.07) is 0. The summed E-state index contributed by atoms with van der Waals surface area (Å²) in [4.78, 5) is 10.9. The lowest BCUT2D eigenvalue weighted by Gasteiger charge is -2.28. The lowest BCUT2D eigenvalue weighted by molar-refractivity contribution is -0.134. The molecule has 0 N–H and O–H groups in total. The molecule has 0 amide bonds. The zero-order valence-electron chi connectivity index (χ0n) is 8.95. The smallest absolute Gasteiger partial charge is 0.329 e.